The molecule has 5 aliphatic rings. The van der Waals surface area contributed by atoms with Gasteiger partial charge >= 0.3 is 0 Å². The highest BCUT2D eigenvalue weighted by atomic mass is 32.2. The lowest BCUT2D eigenvalue weighted by molar-refractivity contribution is -0.127. The first-order valence-corrected chi connectivity index (χ1v) is 11.2. The molecule has 4 atom stereocenters. The van der Waals surface area contributed by atoms with Crippen LogP contribution < -0.4 is 5.32 Å². The molecule has 0 aromatic carbocycles. The molecule has 5 fully saturated rings. The number of carbonyl (C=O) groups excluding carboxylic acids is 1. The molecule has 1 N–H and O–H groups in total. The summed E-state index contributed by atoms with van der Waals surface area (Å²) in [6.07, 6.45) is 8.96. The van der Waals surface area contributed by atoms with Crippen molar-refractivity contribution in [3.63, 3.8) is 0 Å². The second-order valence-corrected chi connectivity index (χ2v) is 9.90. The third-order valence-corrected chi connectivity index (χ3v) is 8.55. The smallest absolute Gasteiger partial charge is 0.223 e. The maximum absolute atomic E-state index is 12.2. The normalized spacial score (nSPS) is 42.9. The average molecular weight is 351 g/mol. The topological polar surface area (TPSA) is 41.6 Å². The van der Waals surface area contributed by atoms with E-state index < -0.39 is 0 Å². The van der Waals surface area contributed by atoms with Gasteiger partial charge in [-0.15, -0.1) is 0 Å². The Kier molecular flexibility index (Phi) is 4.10. The number of nitrogens with zero attached hydrogens (tertiary/aromatic N) is 1. The van der Waals surface area contributed by atoms with Crippen LogP contribution in [0.2, 0.25) is 0 Å². The Morgan fingerprint density at radius 1 is 1.21 bits per heavy atom. The van der Waals surface area contributed by atoms with Crippen molar-refractivity contribution >= 4 is 17.7 Å². The molecule has 134 valence electrons. The monoisotopic (exact) mass is 350 g/mol. The lowest BCUT2D eigenvalue weighted by Gasteiger charge is -2.32. The second-order valence-electron chi connectivity index (χ2n) is 8.68. The molecule has 4 aliphatic heterocycles. The number of thioether (sulfide) groups is 1. The minimum Gasteiger partial charge on any atom is -0.370 e. The van der Waals surface area contributed by atoms with Crippen LogP contribution in [-0.2, 0) is 9.53 Å². The summed E-state index contributed by atoms with van der Waals surface area (Å²) in [6, 6.07) is 0.777. The Morgan fingerprint density at radius 2 is 2.04 bits per heavy atom. The van der Waals surface area contributed by atoms with Crippen molar-refractivity contribution in [3.05, 3.63) is 0 Å². The highest BCUT2D eigenvalue weighted by Gasteiger charge is 2.63. The molecule has 0 radical (unpaired) electrons. The predicted octanol–water partition coefficient (Wildman–Crippen LogP) is 2.28. The van der Waals surface area contributed by atoms with Crippen molar-refractivity contribution in [2.45, 2.75) is 62.7 Å². The van der Waals surface area contributed by atoms with Crippen molar-refractivity contribution in [1.82, 2.24) is 10.2 Å². The molecule has 4 saturated heterocycles. The Morgan fingerprint density at radius 3 is 2.79 bits per heavy atom. The van der Waals surface area contributed by atoms with E-state index in [9.17, 15) is 4.79 Å². The van der Waals surface area contributed by atoms with Crippen LogP contribution >= 0.6 is 11.8 Å². The van der Waals surface area contributed by atoms with Crippen LogP contribution in [0.5, 0.6) is 0 Å². The molecular weight excluding hydrogens is 320 g/mol. The van der Waals surface area contributed by atoms with E-state index in [-0.39, 0.29) is 5.60 Å². The largest absolute Gasteiger partial charge is 0.370 e. The Labute approximate surface area is 149 Å². The van der Waals surface area contributed by atoms with E-state index in [1.807, 2.05) is 0 Å². The Hall–Kier alpha value is -0.260. The van der Waals surface area contributed by atoms with Crippen molar-refractivity contribution in [2.75, 3.05) is 31.1 Å². The van der Waals surface area contributed by atoms with E-state index >= 15 is 0 Å². The number of hydrogen-bond donors (Lipinski definition) is 1. The van der Waals surface area contributed by atoms with Crippen LogP contribution in [0.3, 0.4) is 0 Å². The predicted molar refractivity (Wildman–Crippen MR) is 96.1 cm³/mol. The molecule has 0 aromatic heterocycles. The number of nitrogens with one attached hydrogen (secondary N) is 1. The molecule has 5 rings (SSSR count). The van der Waals surface area contributed by atoms with Gasteiger partial charge in [-0.25, -0.2) is 0 Å². The third kappa shape index (κ3) is 2.53. The van der Waals surface area contributed by atoms with Crippen LogP contribution in [0.25, 0.3) is 0 Å². The summed E-state index contributed by atoms with van der Waals surface area (Å²) in [7, 11) is 0. The zero-order valence-corrected chi connectivity index (χ0v) is 15.4. The molecule has 1 amide bonds. The number of fused-ring (bicyclic) bond motifs is 1. The quantitative estimate of drug-likeness (QED) is 0.845. The Bertz CT molecular complexity index is 506. The van der Waals surface area contributed by atoms with Gasteiger partial charge in [0.2, 0.25) is 5.91 Å². The standard InChI is InChI=1S/C19H30N2O2S/c22-18(13-2-1-3-13)20-10-15-16-11-21(14-5-8-24-9-6-14)12-19(16)7-4-17(15)23-19/h13-17H,1-12H2,(H,20,22)/t15-,16+,17+,19+/m0/s1. The summed E-state index contributed by atoms with van der Waals surface area (Å²) in [5, 5.41) is 3.27. The summed E-state index contributed by atoms with van der Waals surface area (Å²) in [5.74, 6) is 4.45. The minimum absolute atomic E-state index is 0.126. The summed E-state index contributed by atoms with van der Waals surface area (Å²) in [6.45, 7) is 3.20. The zero-order valence-electron chi connectivity index (χ0n) is 14.5. The van der Waals surface area contributed by atoms with Crippen LogP contribution in [0.1, 0.15) is 44.9 Å². The SMILES string of the molecule is O=C(NC[C@H]1[C@H]2CN(C3CCSCC3)C[C@]23CC[C@H]1O3)C1CCC1. The first-order chi connectivity index (χ1) is 11.8. The fourth-order valence-electron chi connectivity index (χ4n) is 5.86. The van der Waals surface area contributed by atoms with Gasteiger partial charge in [0.15, 0.2) is 0 Å². The van der Waals surface area contributed by atoms with Crippen LogP contribution in [0, 0.1) is 17.8 Å². The molecule has 1 spiro atoms. The first-order valence-electron chi connectivity index (χ1n) is 10.0. The third-order valence-electron chi connectivity index (χ3n) is 7.51. The lowest BCUT2D eigenvalue weighted by Crippen LogP contribution is -2.44. The number of amides is 1. The van der Waals surface area contributed by atoms with Crippen molar-refractivity contribution < 1.29 is 9.53 Å². The molecule has 5 heteroatoms. The van der Waals surface area contributed by atoms with Gasteiger partial charge in [-0.2, -0.15) is 11.8 Å². The fraction of sp³-hybridized carbons (Fsp3) is 0.947. The van der Waals surface area contributed by atoms with Crippen LogP contribution in [0.15, 0.2) is 0 Å². The summed E-state index contributed by atoms with van der Waals surface area (Å²) < 4.78 is 6.55. The van der Waals surface area contributed by atoms with E-state index in [0.29, 0.717) is 29.8 Å². The van der Waals surface area contributed by atoms with Crippen LogP contribution in [-0.4, -0.2) is 59.7 Å². The highest BCUT2D eigenvalue weighted by Crippen LogP contribution is 2.55. The van der Waals surface area contributed by atoms with Crippen molar-refractivity contribution in [2.24, 2.45) is 17.8 Å². The van der Waals surface area contributed by atoms with Gasteiger partial charge in [0.05, 0.1) is 11.7 Å². The second kappa shape index (κ2) is 6.17. The lowest BCUT2D eigenvalue weighted by atomic mass is 9.73. The molecule has 2 bridgehead atoms. The van der Waals surface area contributed by atoms with Crippen molar-refractivity contribution in [3.8, 4) is 0 Å². The van der Waals surface area contributed by atoms with Gasteiger partial charge in [-0.1, -0.05) is 6.42 Å². The maximum Gasteiger partial charge on any atom is 0.223 e. The fourth-order valence-corrected chi connectivity index (χ4v) is 6.94. The average Bonchev–Trinajstić information content (AvgIpc) is 3.20. The first kappa shape index (κ1) is 16.0. The zero-order chi connectivity index (χ0) is 16.1. The molecule has 4 heterocycles. The summed E-state index contributed by atoms with van der Waals surface area (Å²) in [5.41, 5.74) is 0.126. The summed E-state index contributed by atoms with van der Waals surface area (Å²) >= 11 is 2.11. The molecule has 1 aliphatic carbocycles. The van der Waals surface area contributed by atoms with Gasteiger partial charge in [0, 0.05) is 43.4 Å². The van der Waals surface area contributed by atoms with E-state index in [1.54, 1.807) is 0 Å². The molecule has 1 saturated carbocycles. The number of hydrogen-bond acceptors (Lipinski definition) is 4. The van der Waals surface area contributed by atoms with Crippen LogP contribution in [0.4, 0.5) is 0 Å². The van der Waals surface area contributed by atoms with Gasteiger partial charge in [-0.05, 0) is 50.0 Å². The maximum atomic E-state index is 12.2. The molecule has 0 aromatic rings. The molecule has 4 nitrogen and oxygen atoms in total. The molecular formula is C19H30N2O2S. The van der Waals surface area contributed by atoms with E-state index in [1.165, 1.54) is 50.2 Å². The van der Waals surface area contributed by atoms with Crippen molar-refractivity contribution in [1.29, 1.82) is 0 Å². The molecule has 24 heavy (non-hydrogen) atoms. The highest BCUT2D eigenvalue weighted by molar-refractivity contribution is 7.99. The molecule has 0 unspecified atom stereocenters. The van der Waals surface area contributed by atoms with Gasteiger partial charge in [0.25, 0.3) is 0 Å². The summed E-state index contributed by atoms with van der Waals surface area (Å²) in [4.78, 5) is 15.0. The van der Waals surface area contributed by atoms with Gasteiger partial charge in [-0.3, -0.25) is 9.69 Å². The number of likely N-dealkylation sites (tertiary alicyclic amines) is 1. The Balaban J connectivity index is 1.24. The number of rotatable bonds is 4. The minimum atomic E-state index is 0.126. The van der Waals surface area contributed by atoms with E-state index in [4.69, 9.17) is 4.74 Å². The number of ether oxygens (including phenoxy) is 1. The van der Waals surface area contributed by atoms with Gasteiger partial charge in [0.1, 0.15) is 0 Å². The van der Waals surface area contributed by atoms with E-state index in [2.05, 4.69) is 22.0 Å². The van der Waals surface area contributed by atoms with Gasteiger partial charge < -0.3 is 10.1 Å². The number of carbonyl (C=O) groups is 1. The van der Waals surface area contributed by atoms with E-state index in [0.717, 1.165) is 32.0 Å².